The number of halogens is 1. The molecule has 0 bridgehead atoms. The van der Waals surface area contributed by atoms with Gasteiger partial charge in [0.2, 0.25) is 10.0 Å². The fraction of sp³-hybridized carbons (Fsp3) is 0.269. The molecule has 1 aliphatic heterocycles. The molecule has 190 valence electrons. The van der Waals surface area contributed by atoms with Gasteiger partial charge in [0.1, 0.15) is 4.83 Å². The van der Waals surface area contributed by atoms with Crippen molar-refractivity contribution in [2.45, 2.75) is 41.9 Å². The first-order chi connectivity index (χ1) is 17.8. The molecule has 0 atom stereocenters. The third-order valence-corrected chi connectivity index (χ3v) is 10.8. The molecular weight excluding hydrogens is 550 g/mol. The van der Waals surface area contributed by atoms with Gasteiger partial charge in [-0.05, 0) is 49.1 Å². The molecule has 2 aromatic heterocycles. The van der Waals surface area contributed by atoms with E-state index in [0.717, 1.165) is 23.3 Å². The van der Waals surface area contributed by atoms with E-state index in [4.69, 9.17) is 16.6 Å². The average Bonchev–Trinajstić information content (AvgIpc) is 3.66. The van der Waals surface area contributed by atoms with Gasteiger partial charge in [0.25, 0.3) is 5.56 Å². The van der Waals surface area contributed by atoms with Gasteiger partial charge in [-0.1, -0.05) is 53.7 Å². The highest BCUT2D eigenvalue weighted by Gasteiger charge is 2.34. The highest BCUT2D eigenvalue weighted by Crippen LogP contribution is 2.40. The maximum absolute atomic E-state index is 13.7. The first kappa shape index (κ1) is 24.8. The van der Waals surface area contributed by atoms with Crippen LogP contribution in [0.25, 0.3) is 10.2 Å². The number of hydrogen-bond donors (Lipinski definition) is 0. The fourth-order valence-electron chi connectivity index (χ4n) is 4.57. The van der Waals surface area contributed by atoms with Crippen LogP contribution in [0, 0.1) is 0 Å². The molecule has 37 heavy (non-hydrogen) atoms. The van der Waals surface area contributed by atoms with Crippen LogP contribution >= 0.6 is 34.7 Å². The van der Waals surface area contributed by atoms with Gasteiger partial charge in [-0.3, -0.25) is 14.2 Å². The topological polar surface area (TPSA) is 89.3 Å². The van der Waals surface area contributed by atoms with Gasteiger partial charge in [-0.2, -0.15) is 4.31 Å². The van der Waals surface area contributed by atoms with E-state index in [9.17, 15) is 18.0 Å². The summed E-state index contributed by atoms with van der Waals surface area (Å²) in [5.74, 6) is 0.170. The first-order valence-corrected chi connectivity index (χ1v) is 15.5. The molecule has 4 aromatic rings. The van der Waals surface area contributed by atoms with Crippen molar-refractivity contribution in [3.63, 3.8) is 0 Å². The fourth-order valence-corrected chi connectivity index (χ4v) is 8.42. The van der Waals surface area contributed by atoms with Crippen molar-refractivity contribution in [1.82, 2.24) is 13.9 Å². The third kappa shape index (κ3) is 4.66. The van der Waals surface area contributed by atoms with Crippen molar-refractivity contribution in [3.8, 4) is 0 Å². The van der Waals surface area contributed by atoms with E-state index in [2.05, 4.69) is 0 Å². The summed E-state index contributed by atoms with van der Waals surface area (Å²) in [7, 11) is -3.70. The third-order valence-electron chi connectivity index (χ3n) is 6.63. The van der Waals surface area contributed by atoms with Crippen LogP contribution in [0.3, 0.4) is 0 Å². The van der Waals surface area contributed by atoms with Crippen molar-refractivity contribution in [1.29, 1.82) is 0 Å². The number of thioether (sulfide) groups is 1. The van der Waals surface area contributed by atoms with Crippen LogP contribution in [0.2, 0.25) is 5.02 Å². The summed E-state index contributed by atoms with van der Waals surface area (Å²) < 4.78 is 29.7. The largest absolute Gasteiger partial charge is 0.293 e. The molecule has 0 radical (unpaired) electrons. The minimum absolute atomic E-state index is 0.0178. The molecule has 0 amide bonds. The van der Waals surface area contributed by atoms with Crippen molar-refractivity contribution in [2.75, 3.05) is 12.3 Å². The van der Waals surface area contributed by atoms with Gasteiger partial charge >= 0.3 is 0 Å². The smallest absolute Gasteiger partial charge is 0.263 e. The zero-order valence-electron chi connectivity index (χ0n) is 19.6. The Labute approximate surface area is 227 Å². The number of hydrogen-bond acceptors (Lipinski definition) is 7. The number of benzene rings is 2. The molecule has 0 spiro atoms. The van der Waals surface area contributed by atoms with E-state index in [1.165, 1.54) is 39.5 Å². The number of sulfonamides is 1. The van der Waals surface area contributed by atoms with E-state index < -0.39 is 10.0 Å². The van der Waals surface area contributed by atoms with Crippen molar-refractivity contribution >= 4 is 60.7 Å². The lowest BCUT2D eigenvalue weighted by atomic mass is 10.1. The minimum Gasteiger partial charge on any atom is -0.293 e. The summed E-state index contributed by atoms with van der Waals surface area (Å²) in [6.07, 6.45) is 2.27. The van der Waals surface area contributed by atoms with E-state index in [1.807, 2.05) is 18.2 Å². The Balaban J connectivity index is 1.33. The molecule has 0 saturated heterocycles. The van der Waals surface area contributed by atoms with Crippen LogP contribution in [0.1, 0.15) is 39.7 Å². The quantitative estimate of drug-likeness (QED) is 0.173. The molecule has 1 saturated carbocycles. The second-order valence-electron chi connectivity index (χ2n) is 9.11. The maximum Gasteiger partial charge on any atom is 0.263 e. The first-order valence-electron chi connectivity index (χ1n) is 11.9. The second-order valence-corrected chi connectivity index (χ2v) is 13.5. The Morgan fingerprint density at radius 2 is 1.84 bits per heavy atom. The number of thiophene rings is 1. The van der Waals surface area contributed by atoms with Gasteiger partial charge in [-0.15, -0.1) is 11.3 Å². The van der Waals surface area contributed by atoms with Crippen LogP contribution in [-0.2, 0) is 23.0 Å². The molecule has 3 heterocycles. The Bertz CT molecular complexity index is 1680. The predicted molar refractivity (Wildman–Crippen MR) is 146 cm³/mol. The van der Waals surface area contributed by atoms with E-state index in [-0.39, 0.29) is 41.1 Å². The van der Waals surface area contributed by atoms with Crippen molar-refractivity contribution in [3.05, 3.63) is 86.0 Å². The van der Waals surface area contributed by atoms with Gasteiger partial charge in [-0.25, -0.2) is 13.4 Å². The number of carbonyl (C=O) groups excluding carboxylic acids is 1. The van der Waals surface area contributed by atoms with Gasteiger partial charge in [0.05, 0.1) is 16.0 Å². The lowest BCUT2D eigenvalue weighted by Crippen LogP contribution is -2.35. The molecule has 11 heteroatoms. The standard InChI is InChI=1S/C26H22ClN3O4S3/c27-17-6-10-19(11-7-17)37(33,34)29-13-12-20-22(14-29)36-24-23(20)25(32)30(18-8-9-18)26(28-24)35-15-21(31)16-4-2-1-3-5-16/h1-7,10-11,18H,8-9,12-15H2. The normalized spacial score (nSPS) is 16.1. The van der Waals surface area contributed by atoms with Crippen LogP contribution in [-0.4, -0.2) is 40.4 Å². The van der Waals surface area contributed by atoms with Gasteiger partial charge in [0.15, 0.2) is 10.9 Å². The van der Waals surface area contributed by atoms with Crippen LogP contribution < -0.4 is 5.56 Å². The molecular formula is C26H22ClN3O4S3. The second kappa shape index (κ2) is 9.67. The number of nitrogens with zero attached hydrogens (tertiary/aromatic N) is 3. The monoisotopic (exact) mass is 571 g/mol. The summed E-state index contributed by atoms with van der Waals surface area (Å²) in [6, 6.07) is 15.3. The lowest BCUT2D eigenvalue weighted by Gasteiger charge is -2.26. The van der Waals surface area contributed by atoms with Crippen LogP contribution in [0.4, 0.5) is 0 Å². The van der Waals surface area contributed by atoms with Crippen molar-refractivity contribution < 1.29 is 13.2 Å². The molecule has 0 unspecified atom stereocenters. The zero-order valence-corrected chi connectivity index (χ0v) is 22.8. The number of ketones is 1. The SMILES string of the molecule is O=C(CSc1nc2sc3c(c2c(=O)n1C1CC1)CCN(S(=O)(=O)c1ccc(Cl)cc1)C3)c1ccccc1. The Kier molecular flexibility index (Phi) is 6.48. The zero-order chi connectivity index (χ0) is 25.7. The van der Waals surface area contributed by atoms with E-state index in [1.54, 1.807) is 28.8 Å². The number of rotatable bonds is 7. The maximum atomic E-state index is 13.7. The minimum atomic E-state index is -3.70. The highest BCUT2D eigenvalue weighted by molar-refractivity contribution is 7.99. The van der Waals surface area contributed by atoms with Crippen LogP contribution in [0.5, 0.6) is 0 Å². The van der Waals surface area contributed by atoms with Gasteiger partial charge < -0.3 is 0 Å². The Morgan fingerprint density at radius 3 is 2.54 bits per heavy atom. The molecule has 6 rings (SSSR count). The van der Waals surface area contributed by atoms with E-state index in [0.29, 0.717) is 32.4 Å². The summed E-state index contributed by atoms with van der Waals surface area (Å²) in [5.41, 5.74) is 1.44. The summed E-state index contributed by atoms with van der Waals surface area (Å²) in [4.78, 5) is 32.9. The molecule has 0 N–H and O–H groups in total. The molecule has 2 aromatic carbocycles. The van der Waals surface area contributed by atoms with Crippen LogP contribution in [0.15, 0.2) is 69.4 Å². The molecule has 1 aliphatic carbocycles. The van der Waals surface area contributed by atoms with Crippen molar-refractivity contribution in [2.24, 2.45) is 0 Å². The van der Waals surface area contributed by atoms with Gasteiger partial charge in [0, 0.05) is 34.6 Å². The summed E-state index contributed by atoms with van der Waals surface area (Å²) >= 11 is 8.59. The average molecular weight is 572 g/mol. The molecule has 2 aliphatic rings. The molecule has 7 nitrogen and oxygen atoms in total. The Hall–Kier alpha value is -2.50. The highest BCUT2D eigenvalue weighted by atomic mass is 35.5. The number of aromatic nitrogens is 2. The number of carbonyl (C=O) groups is 1. The summed E-state index contributed by atoms with van der Waals surface area (Å²) in [5, 5.41) is 1.62. The predicted octanol–water partition coefficient (Wildman–Crippen LogP) is 5.17. The number of fused-ring (bicyclic) bond motifs is 3. The van der Waals surface area contributed by atoms with E-state index >= 15 is 0 Å². The molecule has 1 fully saturated rings. The lowest BCUT2D eigenvalue weighted by molar-refractivity contribution is 0.102. The summed E-state index contributed by atoms with van der Waals surface area (Å²) in [6.45, 7) is 0.480. The Morgan fingerprint density at radius 1 is 1.11 bits per heavy atom. The number of Topliss-reactive ketones (excluding diaryl/α,β-unsaturated/α-hetero) is 1.